The van der Waals surface area contributed by atoms with E-state index in [1.165, 1.54) is 21.8 Å². The predicted molar refractivity (Wildman–Crippen MR) is 516 cm³/mol. The average molecular weight is 1600 g/mol. The zero-order chi connectivity index (χ0) is 82.2. The van der Waals surface area contributed by atoms with Gasteiger partial charge in [-0.25, -0.2) is 0 Å². The SMILES string of the molecule is c1ccc(N(c2ccccc2)c2ccc(B3c4oc5ccc6ncccc6c5c4B(c4ccc(N(c5ccccc5)c5ccccc5)cc4)c4oc5ccccc5c43)cc2)cc1.c1ccc2c(c1)Oc1ccccc1N2c1ccc(B2c3oc4ccc5nccnc5c4c3B(c3ccc(-n4c5ccccc5c5ccccc54)cc3)c3oc4ccccc4c32)cc1. The number of para-hydroxylation sites is 12. The summed E-state index contributed by atoms with van der Waals surface area (Å²) < 4.78 is 37.3. The van der Waals surface area contributed by atoms with E-state index in [0.29, 0.717) is 0 Å². The summed E-state index contributed by atoms with van der Waals surface area (Å²) in [4.78, 5) is 21.4. The van der Waals surface area contributed by atoms with Gasteiger partial charge in [-0.05, 0) is 198 Å². The van der Waals surface area contributed by atoms with E-state index in [2.05, 4.69) is 371 Å². The maximum atomic E-state index is 7.20. The van der Waals surface area contributed by atoms with Gasteiger partial charge in [0.05, 0.1) is 61.6 Å². The molecule has 26 rings (SSSR count). The Hall–Kier alpha value is -16.3. The maximum absolute atomic E-state index is 7.20. The Balaban J connectivity index is 0.000000137. The van der Waals surface area contributed by atoms with Gasteiger partial charge < -0.3 is 41.7 Å². The third kappa shape index (κ3) is 11.6. The van der Waals surface area contributed by atoms with Gasteiger partial charge in [0.2, 0.25) is 0 Å². The van der Waals surface area contributed by atoms with E-state index >= 15 is 0 Å². The first-order valence-electron chi connectivity index (χ1n) is 42.4. The highest BCUT2D eigenvalue weighted by Crippen LogP contribution is 2.50. The van der Waals surface area contributed by atoms with Gasteiger partial charge in [-0.15, -0.1) is 0 Å². The quantitative estimate of drug-likeness (QED) is 0.109. The third-order valence-corrected chi connectivity index (χ3v) is 25.4. The first-order valence-corrected chi connectivity index (χ1v) is 42.4. The molecule has 0 fully saturated rings. The topological polar surface area (TPSA) is 115 Å². The Bertz CT molecular complexity index is 7950. The largest absolute Gasteiger partial charge is 0.471 e. The molecule has 0 radical (unpaired) electrons. The Kier molecular flexibility index (Phi) is 16.8. The van der Waals surface area contributed by atoms with E-state index in [1.807, 2.05) is 54.7 Å². The first-order chi connectivity index (χ1) is 62.0. The molecule has 16 heteroatoms. The number of nitrogens with zero attached hydrogens (tertiary/aromatic N) is 7. The zero-order valence-electron chi connectivity index (χ0n) is 67.3. The lowest BCUT2D eigenvalue weighted by atomic mass is 9.24. The summed E-state index contributed by atoms with van der Waals surface area (Å²) >= 11 is 0. The van der Waals surface area contributed by atoms with Crippen molar-refractivity contribution < 1.29 is 22.4 Å². The van der Waals surface area contributed by atoms with Crippen molar-refractivity contribution in [1.29, 1.82) is 0 Å². The second-order valence-corrected chi connectivity index (χ2v) is 32.2. The van der Waals surface area contributed by atoms with Crippen LogP contribution in [0.4, 0.5) is 51.2 Å². The minimum absolute atomic E-state index is 0.235. The molecular weight excluding hydrogens is 1530 g/mol. The van der Waals surface area contributed by atoms with E-state index in [0.717, 1.165) is 201 Å². The standard InChI is InChI=1S/C55H37B2N3O2.C54H32B2N4O3/c1-5-16-40(17-6-1)59(41-18-7-2-8-19-41)44-31-27-38(28-32-44)56-52-47-24-13-14-26-49(47)61-54(52)57(53-51-46-25-15-37-58-48(46)35-36-50(51)62-55(53)56)39-29-33-45(34-30-39)60(42-20-9-3-10-21-42)43-22-11-4-12-23-43;1-4-14-41-37(11-1)38-12-2-5-15-42(38)59(41)35-25-23-34(24-26-35)56-51-49-48(30-29-40-52(49)58-32-31-57-40)63-54(51)55(50-39-13-3-8-18-45(39)62-53(50)56)33-21-27-36(28-22-33)60-43-16-6-9-19-46(43)61-47-20-10-7-17-44(47)60/h1-37H;1-32H. The Morgan fingerprint density at radius 1 is 0.240 bits per heavy atom. The van der Waals surface area contributed by atoms with Crippen molar-refractivity contribution in [2.45, 2.75) is 0 Å². The van der Waals surface area contributed by atoms with E-state index in [9.17, 15) is 0 Å². The summed E-state index contributed by atoms with van der Waals surface area (Å²) in [5, 5.41) is 7.72. The van der Waals surface area contributed by atoms with Crippen molar-refractivity contribution in [3.63, 3.8) is 0 Å². The van der Waals surface area contributed by atoms with Crippen molar-refractivity contribution in [1.82, 2.24) is 19.5 Å². The van der Waals surface area contributed by atoms with Gasteiger partial charge in [0.25, 0.3) is 26.9 Å². The maximum Gasteiger partial charge on any atom is 0.290 e. The van der Waals surface area contributed by atoms with Crippen LogP contribution in [0.2, 0.25) is 0 Å². The molecule has 0 spiro atoms. The normalized spacial score (nSPS) is 12.6. The Morgan fingerprint density at radius 3 is 1.09 bits per heavy atom. The van der Waals surface area contributed by atoms with Crippen LogP contribution in [0.25, 0.3) is 93.3 Å². The van der Waals surface area contributed by atoms with Crippen LogP contribution in [0, 0.1) is 0 Å². The minimum Gasteiger partial charge on any atom is -0.471 e. The summed E-state index contributed by atoms with van der Waals surface area (Å²) in [6.07, 6.45) is 5.38. The number of fused-ring (bicyclic) bond motifs is 21. The Morgan fingerprint density at radius 2 is 0.592 bits per heavy atom. The van der Waals surface area contributed by atoms with Crippen LogP contribution in [0.1, 0.15) is 0 Å². The van der Waals surface area contributed by atoms with Crippen LogP contribution in [-0.4, -0.2) is 46.4 Å². The van der Waals surface area contributed by atoms with Gasteiger partial charge in [0.1, 0.15) is 22.3 Å². The minimum atomic E-state index is -0.291. The molecule has 0 saturated carbocycles. The summed E-state index contributed by atoms with van der Waals surface area (Å²) in [6, 6.07) is 141. The van der Waals surface area contributed by atoms with Crippen molar-refractivity contribution in [2.24, 2.45) is 0 Å². The van der Waals surface area contributed by atoms with Crippen molar-refractivity contribution >= 4 is 232 Å². The number of rotatable bonds is 12. The van der Waals surface area contributed by atoms with Gasteiger partial charge >= 0.3 is 0 Å². The molecule has 582 valence electrons. The van der Waals surface area contributed by atoms with Crippen LogP contribution in [0.5, 0.6) is 11.5 Å². The highest BCUT2D eigenvalue weighted by atomic mass is 16.5. The molecule has 0 unspecified atom stereocenters. The van der Waals surface area contributed by atoms with Gasteiger partial charge in [0.15, 0.2) is 11.5 Å². The number of aromatic nitrogens is 4. The number of pyridine rings is 1. The molecule has 12 nitrogen and oxygen atoms in total. The first kappa shape index (κ1) is 71.6. The lowest BCUT2D eigenvalue weighted by molar-refractivity contribution is 0.477. The monoisotopic (exact) mass is 1600 g/mol. The van der Waals surface area contributed by atoms with Crippen LogP contribution in [0.15, 0.2) is 437 Å². The van der Waals surface area contributed by atoms with E-state index in [1.54, 1.807) is 12.4 Å². The zero-order valence-corrected chi connectivity index (χ0v) is 67.3. The molecule has 3 aliphatic heterocycles. The molecule has 23 aromatic rings. The van der Waals surface area contributed by atoms with Crippen LogP contribution >= 0.6 is 0 Å². The second kappa shape index (κ2) is 29.3. The molecule has 7 aromatic heterocycles. The number of ether oxygens (including phenoxy) is 1. The molecule has 0 aliphatic carbocycles. The fraction of sp³-hybridized carbons (Fsp3) is 0. The van der Waals surface area contributed by atoms with Crippen LogP contribution in [0.3, 0.4) is 0 Å². The molecular formula is C109H69B4N7O5. The number of hydrogen-bond donors (Lipinski definition) is 0. The van der Waals surface area contributed by atoms with Crippen LogP contribution in [-0.2, 0) is 0 Å². The molecule has 16 aromatic carbocycles. The highest BCUT2D eigenvalue weighted by molar-refractivity contribution is 7.13. The molecule has 0 N–H and O–H groups in total. The molecule has 3 aliphatic rings. The fourth-order valence-corrected chi connectivity index (χ4v) is 20.1. The van der Waals surface area contributed by atoms with E-state index < -0.39 is 0 Å². The summed E-state index contributed by atoms with van der Waals surface area (Å²) in [5.74, 6) is 1.64. The summed E-state index contributed by atoms with van der Waals surface area (Å²) in [5.41, 5.74) is 31.3. The summed E-state index contributed by atoms with van der Waals surface area (Å²) in [6.45, 7) is -1.05. The highest BCUT2D eigenvalue weighted by Gasteiger charge is 2.49. The molecule has 0 amide bonds. The number of hydrogen-bond acceptors (Lipinski definition) is 11. The number of anilines is 9. The molecule has 0 atom stereocenters. The second-order valence-electron chi connectivity index (χ2n) is 32.2. The molecule has 10 heterocycles. The van der Waals surface area contributed by atoms with Gasteiger partial charge in [-0.3, -0.25) is 15.0 Å². The lowest BCUT2D eigenvalue weighted by Crippen LogP contribution is -2.73. The van der Waals surface area contributed by atoms with Gasteiger partial charge in [0, 0.05) is 102 Å². The molecule has 125 heavy (non-hydrogen) atoms. The summed E-state index contributed by atoms with van der Waals surface area (Å²) in [7, 11) is 0. The van der Waals surface area contributed by atoms with Crippen molar-refractivity contribution in [3.05, 3.63) is 419 Å². The lowest BCUT2D eigenvalue weighted by Gasteiger charge is -2.33. The smallest absolute Gasteiger partial charge is 0.290 e. The van der Waals surface area contributed by atoms with Gasteiger partial charge in [-0.2, -0.15) is 0 Å². The number of furan rings is 4. The van der Waals surface area contributed by atoms with Crippen molar-refractivity contribution in [3.8, 4) is 17.2 Å². The number of benzene rings is 16. The van der Waals surface area contributed by atoms with Gasteiger partial charge in [-0.1, -0.05) is 246 Å². The van der Waals surface area contributed by atoms with E-state index in [-0.39, 0.29) is 26.9 Å². The fourth-order valence-electron chi connectivity index (χ4n) is 20.1. The van der Waals surface area contributed by atoms with Crippen molar-refractivity contribution in [2.75, 3.05) is 14.7 Å². The third-order valence-electron chi connectivity index (χ3n) is 25.4. The van der Waals surface area contributed by atoms with E-state index in [4.69, 9.17) is 37.4 Å². The molecule has 0 bridgehead atoms. The average Bonchev–Trinajstić information content (AvgIpc) is 1.55. The predicted octanol–water partition coefficient (Wildman–Crippen LogP) is 19.2. The Labute approximate surface area is 720 Å². The molecule has 0 saturated heterocycles. The van der Waals surface area contributed by atoms with Crippen LogP contribution < -0.4 is 85.8 Å².